The summed E-state index contributed by atoms with van der Waals surface area (Å²) in [7, 11) is 0. The standard InChI is InChI=1S/C11H11FN4O2/c1-7(8-4-2-3-5-9(8)12)15-11(13)10(6-14-15)16(17)18/h2-7H,13H2,1H3. The van der Waals surface area contributed by atoms with E-state index in [2.05, 4.69) is 5.10 Å². The Morgan fingerprint density at radius 2 is 2.17 bits per heavy atom. The van der Waals surface area contributed by atoms with Gasteiger partial charge in [-0.1, -0.05) is 18.2 Å². The lowest BCUT2D eigenvalue weighted by molar-refractivity contribution is -0.384. The number of rotatable bonds is 3. The van der Waals surface area contributed by atoms with Crippen LogP contribution in [-0.4, -0.2) is 14.7 Å². The Balaban J connectivity index is 2.44. The van der Waals surface area contributed by atoms with E-state index >= 15 is 0 Å². The van der Waals surface area contributed by atoms with Crippen LogP contribution in [0.2, 0.25) is 0 Å². The summed E-state index contributed by atoms with van der Waals surface area (Å²) in [5.74, 6) is -0.488. The molecule has 0 amide bonds. The van der Waals surface area contributed by atoms with E-state index in [0.29, 0.717) is 5.56 Å². The Hall–Kier alpha value is -2.44. The third-order valence-corrected chi connectivity index (χ3v) is 2.73. The van der Waals surface area contributed by atoms with Gasteiger partial charge in [-0.05, 0) is 13.0 Å². The molecule has 1 atom stereocenters. The average Bonchev–Trinajstić information content (AvgIpc) is 2.71. The highest BCUT2D eigenvalue weighted by Crippen LogP contribution is 2.27. The molecule has 0 spiro atoms. The number of benzene rings is 1. The number of nitrogens with two attached hydrogens (primary N) is 1. The predicted octanol–water partition coefficient (Wildman–Crippen LogP) is 2.12. The zero-order valence-corrected chi connectivity index (χ0v) is 9.58. The van der Waals surface area contributed by atoms with Crippen LogP contribution in [0.25, 0.3) is 0 Å². The van der Waals surface area contributed by atoms with Crippen LogP contribution in [0.15, 0.2) is 30.5 Å². The second-order valence-electron chi connectivity index (χ2n) is 3.81. The number of nitrogens with zero attached hydrogens (tertiary/aromatic N) is 3. The molecule has 0 bridgehead atoms. The van der Waals surface area contributed by atoms with Crippen LogP contribution in [0.1, 0.15) is 18.5 Å². The van der Waals surface area contributed by atoms with Crippen molar-refractivity contribution < 1.29 is 9.31 Å². The Morgan fingerprint density at radius 3 is 2.72 bits per heavy atom. The van der Waals surface area contributed by atoms with Gasteiger partial charge in [-0.2, -0.15) is 5.10 Å². The second kappa shape index (κ2) is 4.44. The normalized spacial score (nSPS) is 12.3. The first-order valence-corrected chi connectivity index (χ1v) is 5.24. The fraction of sp³-hybridized carbons (Fsp3) is 0.182. The van der Waals surface area contributed by atoms with Crippen LogP contribution in [0.5, 0.6) is 0 Å². The van der Waals surface area contributed by atoms with E-state index in [1.54, 1.807) is 25.1 Å². The summed E-state index contributed by atoms with van der Waals surface area (Å²) in [5, 5.41) is 14.5. The summed E-state index contributed by atoms with van der Waals surface area (Å²) in [6.07, 6.45) is 1.06. The monoisotopic (exact) mass is 250 g/mol. The Labute approximate surface area is 102 Å². The van der Waals surface area contributed by atoms with Crippen LogP contribution in [0.3, 0.4) is 0 Å². The molecule has 0 saturated heterocycles. The van der Waals surface area contributed by atoms with Crippen molar-refractivity contribution in [2.75, 3.05) is 5.73 Å². The molecule has 7 heteroatoms. The number of hydrogen-bond acceptors (Lipinski definition) is 4. The van der Waals surface area contributed by atoms with Crippen molar-refractivity contribution in [2.24, 2.45) is 0 Å². The third kappa shape index (κ3) is 1.90. The van der Waals surface area contributed by atoms with Crippen molar-refractivity contribution in [1.29, 1.82) is 0 Å². The minimum Gasteiger partial charge on any atom is -0.378 e. The van der Waals surface area contributed by atoms with Gasteiger partial charge in [0.1, 0.15) is 12.0 Å². The van der Waals surface area contributed by atoms with Crippen molar-refractivity contribution in [3.63, 3.8) is 0 Å². The minimum atomic E-state index is -0.618. The second-order valence-corrected chi connectivity index (χ2v) is 3.81. The van der Waals surface area contributed by atoms with Gasteiger partial charge < -0.3 is 5.73 Å². The smallest absolute Gasteiger partial charge is 0.330 e. The lowest BCUT2D eigenvalue weighted by Crippen LogP contribution is -2.13. The quantitative estimate of drug-likeness (QED) is 0.667. The molecule has 1 heterocycles. The molecule has 0 aliphatic heterocycles. The van der Waals surface area contributed by atoms with E-state index < -0.39 is 16.8 Å². The van der Waals surface area contributed by atoms with Crippen LogP contribution in [-0.2, 0) is 0 Å². The van der Waals surface area contributed by atoms with Gasteiger partial charge in [0, 0.05) is 5.56 Å². The molecule has 0 saturated carbocycles. The summed E-state index contributed by atoms with van der Waals surface area (Å²) in [6, 6.07) is 5.65. The van der Waals surface area contributed by atoms with Crippen LogP contribution in [0.4, 0.5) is 15.9 Å². The van der Waals surface area contributed by atoms with E-state index in [1.807, 2.05) is 0 Å². The molecule has 0 aliphatic carbocycles. The summed E-state index contributed by atoms with van der Waals surface area (Å²) < 4.78 is 14.8. The molecular formula is C11H11FN4O2. The largest absolute Gasteiger partial charge is 0.378 e. The summed E-state index contributed by atoms with van der Waals surface area (Å²) in [5.41, 5.74) is 5.73. The van der Waals surface area contributed by atoms with Gasteiger partial charge in [-0.25, -0.2) is 9.07 Å². The van der Waals surface area contributed by atoms with Crippen molar-refractivity contribution in [2.45, 2.75) is 13.0 Å². The van der Waals surface area contributed by atoms with Crippen LogP contribution < -0.4 is 5.73 Å². The van der Waals surface area contributed by atoms with Gasteiger partial charge >= 0.3 is 5.69 Å². The van der Waals surface area contributed by atoms with Crippen LogP contribution >= 0.6 is 0 Å². The van der Waals surface area contributed by atoms with E-state index in [9.17, 15) is 14.5 Å². The van der Waals surface area contributed by atoms with Crippen molar-refractivity contribution in [3.05, 3.63) is 52.0 Å². The first kappa shape index (κ1) is 12.0. The molecular weight excluding hydrogens is 239 g/mol. The topological polar surface area (TPSA) is 87.0 Å². The zero-order chi connectivity index (χ0) is 13.3. The van der Waals surface area contributed by atoms with E-state index in [0.717, 1.165) is 6.20 Å². The molecule has 0 fully saturated rings. The number of aromatic nitrogens is 2. The summed E-state index contributed by atoms with van der Waals surface area (Å²) >= 11 is 0. The molecule has 2 aromatic rings. The zero-order valence-electron chi connectivity index (χ0n) is 9.58. The molecule has 18 heavy (non-hydrogen) atoms. The number of halogens is 1. The SMILES string of the molecule is CC(c1ccccc1F)n1ncc([N+](=O)[O-])c1N. The van der Waals surface area contributed by atoms with Gasteiger partial charge in [-0.3, -0.25) is 10.1 Å². The maximum atomic E-state index is 13.6. The number of anilines is 1. The molecule has 94 valence electrons. The highest BCUT2D eigenvalue weighted by Gasteiger charge is 2.22. The maximum absolute atomic E-state index is 13.6. The first-order valence-electron chi connectivity index (χ1n) is 5.24. The fourth-order valence-corrected chi connectivity index (χ4v) is 1.76. The molecule has 1 aromatic carbocycles. The Bertz CT molecular complexity index is 596. The van der Waals surface area contributed by atoms with Crippen LogP contribution in [0, 0.1) is 15.9 Å². The highest BCUT2D eigenvalue weighted by atomic mass is 19.1. The van der Waals surface area contributed by atoms with Crippen molar-refractivity contribution in [3.8, 4) is 0 Å². The fourth-order valence-electron chi connectivity index (χ4n) is 1.76. The maximum Gasteiger partial charge on any atom is 0.330 e. The molecule has 2 N–H and O–H groups in total. The van der Waals surface area contributed by atoms with Crippen molar-refractivity contribution >= 4 is 11.5 Å². The molecule has 1 aromatic heterocycles. The Morgan fingerprint density at radius 1 is 1.50 bits per heavy atom. The average molecular weight is 250 g/mol. The van der Waals surface area contributed by atoms with E-state index in [4.69, 9.17) is 5.73 Å². The first-order chi connectivity index (χ1) is 8.52. The number of nitro groups is 1. The highest BCUT2D eigenvalue weighted by molar-refractivity contribution is 5.52. The lowest BCUT2D eigenvalue weighted by atomic mass is 10.1. The van der Waals surface area contributed by atoms with Gasteiger partial charge in [0.2, 0.25) is 5.82 Å². The molecule has 1 unspecified atom stereocenters. The molecule has 0 aliphatic rings. The van der Waals surface area contributed by atoms with Gasteiger partial charge in [0.25, 0.3) is 0 Å². The van der Waals surface area contributed by atoms with Gasteiger partial charge in [-0.15, -0.1) is 0 Å². The predicted molar refractivity (Wildman–Crippen MR) is 63.5 cm³/mol. The third-order valence-electron chi connectivity index (χ3n) is 2.73. The van der Waals surface area contributed by atoms with Crippen molar-refractivity contribution in [1.82, 2.24) is 9.78 Å². The van der Waals surface area contributed by atoms with Gasteiger partial charge in [0.05, 0.1) is 11.0 Å². The lowest BCUT2D eigenvalue weighted by Gasteiger charge is -2.14. The number of hydrogen-bond donors (Lipinski definition) is 1. The Kier molecular flexibility index (Phi) is 2.97. The summed E-state index contributed by atoms with van der Waals surface area (Å²) in [6.45, 7) is 1.67. The molecule has 0 radical (unpaired) electrons. The summed E-state index contributed by atoms with van der Waals surface area (Å²) in [4.78, 5) is 10.0. The molecule has 2 rings (SSSR count). The van der Waals surface area contributed by atoms with E-state index in [-0.39, 0.29) is 11.5 Å². The number of nitrogen functional groups attached to an aromatic ring is 1. The minimum absolute atomic E-state index is 0.0873. The van der Waals surface area contributed by atoms with E-state index in [1.165, 1.54) is 10.7 Å². The van der Waals surface area contributed by atoms with Gasteiger partial charge in [0.15, 0.2) is 0 Å². The molecule has 6 nitrogen and oxygen atoms in total.